The number of anilines is 1. The van der Waals surface area contributed by atoms with Crippen molar-refractivity contribution in [2.45, 2.75) is 13.0 Å². The van der Waals surface area contributed by atoms with Crippen LogP contribution in [0.15, 0.2) is 78.0 Å². The Balaban J connectivity index is 1.85. The van der Waals surface area contributed by atoms with Crippen LogP contribution in [0.1, 0.15) is 22.8 Å². The van der Waals surface area contributed by atoms with Gasteiger partial charge in [-0.15, -0.1) is 0 Å². The zero-order valence-electron chi connectivity index (χ0n) is 19.3. The van der Waals surface area contributed by atoms with Gasteiger partial charge >= 0.3 is 0 Å². The molecule has 36 heavy (non-hydrogen) atoms. The largest absolute Gasteiger partial charge is 0.309 e. The van der Waals surface area contributed by atoms with Crippen LogP contribution >= 0.6 is 0 Å². The Kier molecular flexibility index (Phi) is 7.07. The van der Waals surface area contributed by atoms with Gasteiger partial charge in [-0.3, -0.25) is 23.9 Å². The molecule has 0 spiro atoms. The van der Waals surface area contributed by atoms with Gasteiger partial charge in [-0.05, 0) is 68.6 Å². The molecule has 4 aromatic rings. The second-order valence-corrected chi connectivity index (χ2v) is 7.91. The summed E-state index contributed by atoms with van der Waals surface area (Å²) in [5.41, 5.74) is 0.687. The van der Waals surface area contributed by atoms with Gasteiger partial charge in [-0.2, -0.15) is 0 Å². The third-order valence-corrected chi connectivity index (χ3v) is 5.52. The first-order chi connectivity index (χ1) is 17.3. The molecule has 1 atom stereocenters. The van der Waals surface area contributed by atoms with E-state index in [9.17, 15) is 23.2 Å². The molecule has 2 heterocycles. The van der Waals surface area contributed by atoms with Gasteiger partial charge in [-0.25, -0.2) is 13.8 Å². The van der Waals surface area contributed by atoms with E-state index < -0.39 is 34.9 Å². The lowest BCUT2D eigenvalue weighted by Gasteiger charge is -2.16. The summed E-state index contributed by atoms with van der Waals surface area (Å²) in [6.07, 6.45) is 4.07. The number of pyridine rings is 1. The molecular formula is C26H21F2N5O3. The number of aromatic nitrogens is 3. The van der Waals surface area contributed by atoms with Crippen LogP contribution in [0.3, 0.4) is 0 Å². The van der Waals surface area contributed by atoms with E-state index in [-0.39, 0.29) is 28.3 Å². The van der Waals surface area contributed by atoms with Crippen molar-refractivity contribution in [1.29, 1.82) is 0 Å². The molecular weight excluding hydrogens is 468 g/mol. The first-order valence-electron chi connectivity index (χ1n) is 10.9. The van der Waals surface area contributed by atoms with Crippen molar-refractivity contribution in [3.05, 3.63) is 106 Å². The quantitative estimate of drug-likeness (QED) is 0.386. The molecule has 0 radical (unpaired) electrons. The maximum Gasteiger partial charge on any atom is 0.298 e. The van der Waals surface area contributed by atoms with Crippen LogP contribution in [0, 0.1) is 11.6 Å². The molecule has 0 aliphatic heterocycles. The van der Waals surface area contributed by atoms with Crippen LogP contribution in [-0.2, 0) is 4.79 Å². The highest BCUT2D eigenvalue weighted by atomic mass is 19.1. The van der Waals surface area contributed by atoms with Crippen LogP contribution in [0.4, 0.5) is 14.6 Å². The van der Waals surface area contributed by atoms with E-state index >= 15 is 0 Å². The van der Waals surface area contributed by atoms with E-state index in [4.69, 9.17) is 0 Å². The summed E-state index contributed by atoms with van der Waals surface area (Å²) in [6, 6.07) is 11.3. The van der Waals surface area contributed by atoms with Crippen molar-refractivity contribution >= 4 is 17.5 Å². The molecule has 2 aromatic carbocycles. The van der Waals surface area contributed by atoms with E-state index in [2.05, 4.69) is 20.6 Å². The summed E-state index contributed by atoms with van der Waals surface area (Å²) >= 11 is 0. The second-order valence-electron chi connectivity index (χ2n) is 7.91. The van der Waals surface area contributed by atoms with Crippen molar-refractivity contribution in [2.75, 3.05) is 12.4 Å². The van der Waals surface area contributed by atoms with Crippen molar-refractivity contribution in [3.63, 3.8) is 0 Å². The Morgan fingerprint density at radius 1 is 0.917 bits per heavy atom. The molecule has 0 saturated heterocycles. The highest BCUT2D eigenvalue weighted by molar-refractivity contribution is 6.09. The number of hydrogen-bond donors (Lipinski definition) is 2. The maximum absolute atomic E-state index is 13.5. The summed E-state index contributed by atoms with van der Waals surface area (Å²) in [6.45, 7) is 1.62. The van der Waals surface area contributed by atoms with E-state index in [0.29, 0.717) is 5.56 Å². The lowest BCUT2D eigenvalue weighted by molar-refractivity contribution is -0.117. The van der Waals surface area contributed by atoms with E-state index in [1.54, 1.807) is 14.0 Å². The molecule has 0 unspecified atom stereocenters. The smallest absolute Gasteiger partial charge is 0.298 e. The summed E-state index contributed by atoms with van der Waals surface area (Å²) in [4.78, 5) is 47.1. The third kappa shape index (κ3) is 5.08. The topological polar surface area (TPSA) is 106 Å². The molecule has 4 rings (SSSR count). The Bertz CT molecular complexity index is 1490. The highest BCUT2D eigenvalue weighted by Crippen LogP contribution is 2.23. The van der Waals surface area contributed by atoms with E-state index in [1.807, 2.05) is 0 Å². The number of amides is 1. The summed E-state index contributed by atoms with van der Waals surface area (Å²) in [7, 11) is 1.60. The van der Waals surface area contributed by atoms with Crippen LogP contribution in [0.25, 0.3) is 16.9 Å². The molecule has 0 fully saturated rings. The average Bonchev–Trinajstić information content (AvgIpc) is 2.89. The van der Waals surface area contributed by atoms with Crippen molar-refractivity contribution in [3.8, 4) is 16.9 Å². The van der Waals surface area contributed by atoms with E-state index in [0.717, 1.165) is 0 Å². The predicted octanol–water partition coefficient (Wildman–Crippen LogP) is 3.35. The van der Waals surface area contributed by atoms with Crippen molar-refractivity contribution in [1.82, 2.24) is 19.9 Å². The summed E-state index contributed by atoms with van der Waals surface area (Å²) in [5.74, 6) is -2.07. The van der Waals surface area contributed by atoms with E-state index in [1.165, 1.54) is 77.8 Å². The first-order valence-corrected chi connectivity index (χ1v) is 10.9. The number of rotatable bonds is 7. The number of carbonyl (C=O) groups is 2. The monoisotopic (exact) mass is 489 g/mol. The number of nitrogens with zero attached hydrogens (tertiary/aromatic N) is 3. The lowest BCUT2D eigenvalue weighted by Crippen LogP contribution is -2.38. The number of hydrogen-bond acceptors (Lipinski definition) is 6. The zero-order chi connectivity index (χ0) is 25.8. The van der Waals surface area contributed by atoms with Gasteiger partial charge in [0.25, 0.3) is 5.56 Å². The molecule has 2 N–H and O–H groups in total. The van der Waals surface area contributed by atoms with Gasteiger partial charge in [0.2, 0.25) is 5.91 Å². The zero-order valence-corrected chi connectivity index (χ0v) is 19.3. The van der Waals surface area contributed by atoms with Crippen LogP contribution < -0.4 is 16.2 Å². The van der Waals surface area contributed by atoms with Crippen molar-refractivity contribution in [2.24, 2.45) is 0 Å². The molecule has 10 heteroatoms. The second kappa shape index (κ2) is 10.4. The number of benzene rings is 2. The predicted molar refractivity (Wildman–Crippen MR) is 130 cm³/mol. The molecule has 0 aliphatic carbocycles. The maximum atomic E-state index is 13.5. The summed E-state index contributed by atoms with van der Waals surface area (Å²) < 4.78 is 28.1. The van der Waals surface area contributed by atoms with Gasteiger partial charge in [-0.1, -0.05) is 0 Å². The minimum absolute atomic E-state index is 0.155. The van der Waals surface area contributed by atoms with Gasteiger partial charge in [0.05, 0.1) is 29.8 Å². The SMILES string of the molecule is CN[C@@H](C)C(=O)Nc1ncc(-c2ccc(F)cc2)n(-c2cncc(C(=O)c3ccc(F)cc3)c2)c1=O. The number of likely N-dealkylation sites (N-methyl/N-ethyl adjacent to an activating group) is 1. The molecule has 8 nitrogen and oxygen atoms in total. The Labute approximate surface area is 204 Å². The van der Waals surface area contributed by atoms with Crippen LogP contribution in [-0.4, -0.2) is 39.3 Å². The number of nitrogens with one attached hydrogen (secondary N) is 2. The van der Waals surface area contributed by atoms with Gasteiger partial charge in [0.15, 0.2) is 11.6 Å². The van der Waals surface area contributed by atoms with Crippen LogP contribution in [0.2, 0.25) is 0 Å². The number of carbonyl (C=O) groups excluding carboxylic acids is 2. The fourth-order valence-electron chi connectivity index (χ4n) is 3.42. The highest BCUT2D eigenvalue weighted by Gasteiger charge is 2.19. The molecule has 0 saturated carbocycles. The fourth-order valence-corrected chi connectivity index (χ4v) is 3.42. The van der Waals surface area contributed by atoms with Gasteiger partial charge < -0.3 is 10.6 Å². The molecule has 2 aromatic heterocycles. The van der Waals surface area contributed by atoms with Gasteiger partial charge in [0.1, 0.15) is 11.6 Å². The number of ketones is 1. The first kappa shape index (κ1) is 24.6. The third-order valence-electron chi connectivity index (χ3n) is 5.52. The summed E-state index contributed by atoms with van der Waals surface area (Å²) in [5, 5.41) is 5.28. The normalized spacial score (nSPS) is 11.7. The fraction of sp³-hybridized carbons (Fsp3) is 0.115. The molecule has 182 valence electrons. The number of halogens is 2. The van der Waals surface area contributed by atoms with Gasteiger partial charge in [0, 0.05) is 22.9 Å². The molecule has 1 amide bonds. The Hall–Kier alpha value is -4.57. The Morgan fingerprint density at radius 2 is 1.56 bits per heavy atom. The minimum Gasteiger partial charge on any atom is -0.309 e. The van der Waals surface area contributed by atoms with Crippen LogP contribution in [0.5, 0.6) is 0 Å². The average molecular weight is 489 g/mol. The lowest BCUT2D eigenvalue weighted by atomic mass is 10.0. The Morgan fingerprint density at radius 3 is 2.19 bits per heavy atom. The van der Waals surface area contributed by atoms with Crippen molar-refractivity contribution < 1.29 is 18.4 Å². The standard InChI is InChI=1S/C26H21F2N5O3/c1-15(29-2)25(35)32-24-26(36)33(22(14-31-24)16-3-7-19(27)8-4-16)21-11-18(12-30-13-21)23(34)17-5-9-20(28)10-6-17/h3-15,29H,1-2H3,(H,31,32,35)/t15-/m0/s1. The minimum atomic E-state index is -0.679. The molecule has 0 bridgehead atoms. The molecule has 0 aliphatic rings.